The molecule has 0 radical (unpaired) electrons. The zero-order valence-electron chi connectivity index (χ0n) is 15.0. The predicted molar refractivity (Wildman–Crippen MR) is 102 cm³/mol. The molecule has 0 spiro atoms. The number of carbonyl (C=O) groups is 2. The van der Waals surface area contributed by atoms with Crippen LogP contribution in [0, 0.1) is 0 Å². The molecule has 2 rings (SSSR count). The normalized spacial score (nSPS) is 10.2. The third-order valence-electron chi connectivity index (χ3n) is 3.83. The SMILES string of the molecule is COc1ccc(CCCNC(=O)CCNC(=O)c2ccsc2)cc1OC. The maximum atomic E-state index is 11.8. The molecule has 0 aliphatic carbocycles. The lowest BCUT2D eigenvalue weighted by molar-refractivity contribution is -0.120. The summed E-state index contributed by atoms with van der Waals surface area (Å²) in [6, 6.07) is 7.57. The van der Waals surface area contributed by atoms with Crippen LogP contribution in [0.3, 0.4) is 0 Å². The Bertz CT molecular complexity index is 716. The second-order valence-corrected chi connectivity index (χ2v) is 6.44. The molecule has 1 heterocycles. The maximum Gasteiger partial charge on any atom is 0.252 e. The van der Waals surface area contributed by atoms with Gasteiger partial charge in [0, 0.05) is 30.5 Å². The van der Waals surface area contributed by atoms with Gasteiger partial charge in [-0.3, -0.25) is 9.59 Å². The Labute approximate surface area is 157 Å². The van der Waals surface area contributed by atoms with Gasteiger partial charge >= 0.3 is 0 Å². The third-order valence-corrected chi connectivity index (χ3v) is 4.52. The Balaban J connectivity index is 1.62. The van der Waals surface area contributed by atoms with Gasteiger partial charge in [-0.25, -0.2) is 0 Å². The molecule has 0 bridgehead atoms. The molecule has 2 N–H and O–H groups in total. The number of carbonyl (C=O) groups excluding carboxylic acids is 2. The third kappa shape index (κ3) is 6.07. The highest BCUT2D eigenvalue weighted by Gasteiger charge is 2.07. The summed E-state index contributed by atoms with van der Waals surface area (Å²) in [5.74, 6) is 1.19. The molecule has 0 saturated heterocycles. The van der Waals surface area contributed by atoms with Gasteiger partial charge in [-0.2, -0.15) is 11.3 Å². The van der Waals surface area contributed by atoms with E-state index in [9.17, 15) is 9.59 Å². The number of aryl methyl sites for hydroxylation is 1. The number of amides is 2. The number of nitrogens with one attached hydrogen (secondary N) is 2. The standard InChI is InChI=1S/C19H24N2O4S/c1-24-16-6-5-14(12-17(16)25-2)4-3-9-20-18(22)7-10-21-19(23)15-8-11-26-13-15/h5-6,8,11-13H,3-4,7,9-10H2,1-2H3,(H,20,22)(H,21,23). The Hall–Kier alpha value is -2.54. The molecular weight excluding hydrogens is 352 g/mol. The van der Waals surface area contributed by atoms with Crippen LogP contribution in [0.2, 0.25) is 0 Å². The minimum atomic E-state index is -0.146. The van der Waals surface area contributed by atoms with Crippen molar-refractivity contribution in [1.29, 1.82) is 0 Å². The highest BCUT2D eigenvalue weighted by molar-refractivity contribution is 7.08. The second kappa shape index (κ2) is 10.5. The van der Waals surface area contributed by atoms with Crippen molar-refractivity contribution in [2.24, 2.45) is 0 Å². The molecule has 140 valence electrons. The Morgan fingerprint density at radius 3 is 2.54 bits per heavy atom. The number of thiophene rings is 1. The Morgan fingerprint density at radius 2 is 1.85 bits per heavy atom. The van der Waals surface area contributed by atoms with Crippen molar-refractivity contribution in [3.63, 3.8) is 0 Å². The number of hydrogen-bond acceptors (Lipinski definition) is 5. The fourth-order valence-electron chi connectivity index (χ4n) is 2.43. The van der Waals surface area contributed by atoms with Gasteiger partial charge in [0.25, 0.3) is 5.91 Å². The first kappa shape index (κ1) is 19.8. The molecule has 2 aromatic rings. The summed E-state index contributed by atoms with van der Waals surface area (Å²) in [5.41, 5.74) is 1.75. The quantitative estimate of drug-likeness (QED) is 0.625. The van der Waals surface area contributed by atoms with Crippen LogP contribution >= 0.6 is 11.3 Å². The average molecular weight is 376 g/mol. The van der Waals surface area contributed by atoms with Gasteiger partial charge in [0.15, 0.2) is 11.5 Å². The van der Waals surface area contributed by atoms with Crippen molar-refractivity contribution < 1.29 is 19.1 Å². The molecule has 6 nitrogen and oxygen atoms in total. The Kier molecular flexibility index (Phi) is 7.95. The summed E-state index contributed by atoms with van der Waals surface area (Å²) in [6.07, 6.45) is 1.92. The van der Waals surface area contributed by atoms with E-state index in [-0.39, 0.29) is 18.2 Å². The molecule has 1 aromatic heterocycles. The lowest BCUT2D eigenvalue weighted by Gasteiger charge is -2.10. The van der Waals surface area contributed by atoms with Crippen LogP contribution in [-0.4, -0.2) is 39.1 Å². The first-order chi connectivity index (χ1) is 12.6. The van der Waals surface area contributed by atoms with Crippen LogP contribution < -0.4 is 20.1 Å². The van der Waals surface area contributed by atoms with Crippen molar-refractivity contribution in [3.8, 4) is 11.5 Å². The number of ether oxygens (including phenoxy) is 2. The van der Waals surface area contributed by atoms with Crippen LogP contribution in [0.5, 0.6) is 11.5 Å². The van der Waals surface area contributed by atoms with Gasteiger partial charge in [0.2, 0.25) is 5.91 Å². The van der Waals surface area contributed by atoms with E-state index in [1.165, 1.54) is 11.3 Å². The summed E-state index contributed by atoms with van der Waals surface area (Å²) >= 11 is 1.47. The van der Waals surface area contributed by atoms with E-state index >= 15 is 0 Å². The molecule has 0 unspecified atom stereocenters. The molecule has 0 aliphatic rings. The van der Waals surface area contributed by atoms with Gasteiger partial charge in [0.1, 0.15) is 0 Å². The van der Waals surface area contributed by atoms with Crippen molar-refractivity contribution in [2.45, 2.75) is 19.3 Å². The topological polar surface area (TPSA) is 76.7 Å². The van der Waals surface area contributed by atoms with Crippen LogP contribution in [0.25, 0.3) is 0 Å². The fourth-order valence-corrected chi connectivity index (χ4v) is 3.07. The van der Waals surface area contributed by atoms with E-state index in [4.69, 9.17) is 9.47 Å². The number of benzene rings is 1. The van der Waals surface area contributed by atoms with E-state index in [1.54, 1.807) is 25.7 Å². The molecule has 0 atom stereocenters. The molecule has 7 heteroatoms. The van der Waals surface area contributed by atoms with Crippen LogP contribution in [0.1, 0.15) is 28.8 Å². The number of hydrogen-bond donors (Lipinski definition) is 2. The predicted octanol–water partition coefficient (Wildman–Crippen LogP) is 2.63. The van der Waals surface area contributed by atoms with Gasteiger partial charge in [-0.05, 0) is 42.0 Å². The van der Waals surface area contributed by atoms with Crippen LogP contribution in [0.4, 0.5) is 0 Å². The van der Waals surface area contributed by atoms with E-state index < -0.39 is 0 Å². The highest BCUT2D eigenvalue weighted by Crippen LogP contribution is 2.27. The first-order valence-electron chi connectivity index (χ1n) is 8.42. The summed E-state index contributed by atoms with van der Waals surface area (Å²) in [5, 5.41) is 9.23. The number of methoxy groups -OCH3 is 2. The summed E-state index contributed by atoms with van der Waals surface area (Å²) < 4.78 is 10.5. The lowest BCUT2D eigenvalue weighted by atomic mass is 10.1. The van der Waals surface area contributed by atoms with Crippen LogP contribution in [0.15, 0.2) is 35.0 Å². The lowest BCUT2D eigenvalue weighted by Crippen LogP contribution is -2.31. The zero-order chi connectivity index (χ0) is 18.8. The Morgan fingerprint density at radius 1 is 1.04 bits per heavy atom. The summed E-state index contributed by atoms with van der Waals surface area (Å²) in [4.78, 5) is 23.6. The highest BCUT2D eigenvalue weighted by atomic mass is 32.1. The average Bonchev–Trinajstić information content (AvgIpc) is 3.19. The molecule has 1 aromatic carbocycles. The monoisotopic (exact) mass is 376 g/mol. The van der Waals surface area contributed by atoms with Gasteiger partial charge in [-0.15, -0.1) is 0 Å². The van der Waals surface area contributed by atoms with Crippen molar-refractivity contribution in [2.75, 3.05) is 27.3 Å². The second-order valence-electron chi connectivity index (χ2n) is 5.66. The minimum absolute atomic E-state index is 0.0667. The molecular formula is C19H24N2O4S. The van der Waals surface area contributed by atoms with E-state index in [1.807, 2.05) is 23.6 Å². The van der Waals surface area contributed by atoms with Gasteiger partial charge in [-0.1, -0.05) is 6.07 Å². The fraction of sp³-hybridized carbons (Fsp3) is 0.368. The molecule has 26 heavy (non-hydrogen) atoms. The number of rotatable bonds is 10. The van der Waals surface area contributed by atoms with E-state index in [0.717, 1.165) is 18.4 Å². The molecule has 0 aliphatic heterocycles. The summed E-state index contributed by atoms with van der Waals surface area (Å²) in [7, 11) is 3.22. The first-order valence-corrected chi connectivity index (χ1v) is 9.36. The molecule has 0 fully saturated rings. The van der Waals surface area contributed by atoms with E-state index in [0.29, 0.717) is 30.2 Å². The van der Waals surface area contributed by atoms with Gasteiger partial charge in [0.05, 0.1) is 14.2 Å². The zero-order valence-corrected chi connectivity index (χ0v) is 15.9. The van der Waals surface area contributed by atoms with Gasteiger partial charge < -0.3 is 20.1 Å². The van der Waals surface area contributed by atoms with Crippen molar-refractivity contribution >= 4 is 23.2 Å². The maximum absolute atomic E-state index is 11.8. The summed E-state index contributed by atoms with van der Waals surface area (Å²) in [6.45, 7) is 0.918. The molecule has 0 saturated carbocycles. The van der Waals surface area contributed by atoms with Crippen molar-refractivity contribution in [1.82, 2.24) is 10.6 Å². The minimum Gasteiger partial charge on any atom is -0.493 e. The smallest absolute Gasteiger partial charge is 0.252 e. The van der Waals surface area contributed by atoms with Crippen molar-refractivity contribution in [3.05, 3.63) is 46.2 Å². The molecule has 2 amide bonds. The van der Waals surface area contributed by atoms with E-state index in [2.05, 4.69) is 10.6 Å². The largest absolute Gasteiger partial charge is 0.493 e. The van der Waals surface area contributed by atoms with Crippen LogP contribution in [-0.2, 0) is 11.2 Å².